The second-order valence-corrected chi connectivity index (χ2v) is 7.11. The minimum atomic E-state index is -0.351. The van der Waals surface area contributed by atoms with Crippen LogP contribution in [0.25, 0.3) is 21.7 Å². The highest BCUT2D eigenvalue weighted by molar-refractivity contribution is 6.06. The van der Waals surface area contributed by atoms with Gasteiger partial charge in [0.1, 0.15) is 11.3 Å². The van der Waals surface area contributed by atoms with E-state index in [1.54, 1.807) is 6.07 Å². The lowest BCUT2D eigenvalue weighted by atomic mass is 9.98. The number of phenolic OH excluding ortho intramolecular Hbond substituents is 1. The van der Waals surface area contributed by atoms with Crippen molar-refractivity contribution in [3.63, 3.8) is 0 Å². The maximum Gasteiger partial charge on any atom is 0.344 e. The highest BCUT2D eigenvalue weighted by Gasteiger charge is 2.21. The molecule has 0 amide bonds. The Morgan fingerprint density at radius 1 is 1.08 bits per heavy atom. The molecule has 2 heterocycles. The number of rotatable bonds is 3. The first-order valence-electron chi connectivity index (χ1n) is 9.18. The second-order valence-electron chi connectivity index (χ2n) is 7.11. The largest absolute Gasteiger partial charge is 0.507 e. The zero-order valence-electron chi connectivity index (χ0n) is 15.3. The van der Waals surface area contributed by atoms with Crippen molar-refractivity contribution in [3.05, 3.63) is 51.9 Å². The van der Waals surface area contributed by atoms with E-state index in [4.69, 9.17) is 4.42 Å². The minimum absolute atomic E-state index is 0.261. The molecule has 0 aliphatic carbocycles. The third-order valence-electron chi connectivity index (χ3n) is 5.42. The summed E-state index contributed by atoms with van der Waals surface area (Å²) in [5, 5.41) is 13.2. The number of likely N-dealkylation sites (N-methyl/N-ethyl adjacent to an activating group) is 1. The van der Waals surface area contributed by atoms with E-state index in [2.05, 4.69) is 16.8 Å². The van der Waals surface area contributed by atoms with E-state index in [1.165, 1.54) is 0 Å². The zero-order valence-corrected chi connectivity index (χ0v) is 15.3. The van der Waals surface area contributed by atoms with E-state index in [-0.39, 0.29) is 11.4 Å². The Morgan fingerprint density at radius 3 is 2.46 bits per heavy atom. The van der Waals surface area contributed by atoms with Crippen LogP contribution >= 0.6 is 0 Å². The van der Waals surface area contributed by atoms with Crippen molar-refractivity contribution in [1.29, 1.82) is 0 Å². The van der Waals surface area contributed by atoms with Crippen molar-refractivity contribution >= 4 is 21.7 Å². The number of aryl methyl sites for hydroxylation is 1. The van der Waals surface area contributed by atoms with Crippen molar-refractivity contribution < 1.29 is 9.52 Å². The molecule has 136 valence electrons. The van der Waals surface area contributed by atoms with Crippen LogP contribution in [0.5, 0.6) is 5.75 Å². The van der Waals surface area contributed by atoms with E-state index >= 15 is 0 Å². The van der Waals surface area contributed by atoms with Crippen LogP contribution in [0.3, 0.4) is 0 Å². The van der Waals surface area contributed by atoms with Gasteiger partial charge in [0.25, 0.3) is 0 Å². The normalized spacial score (nSPS) is 16.5. The Balaban J connectivity index is 1.92. The first-order valence-corrected chi connectivity index (χ1v) is 9.18. The summed E-state index contributed by atoms with van der Waals surface area (Å²) >= 11 is 0. The molecule has 1 N–H and O–H groups in total. The Labute approximate surface area is 152 Å². The van der Waals surface area contributed by atoms with Crippen LogP contribution in [-0.4, -0.2) is 48.1 Å². The molecule has 5 nitrogen and oxygen atoms in total. The first kappa shape index (κ1) is 17.1. The molecule has 0 unspecified atom stereocenters. The van der Waals surface area contributed by atoms with Crippen LogP contribution in [0.15, 0.2) is 39.5 Å². The number of aromatic hydroxyl groups is 1. The summed E-state index contributed by atoms with van der Waals surface area (Å²) in [6.45, 7) is 6.49. The lowest BCUT2D eigenvalue weighted by Crippen LogP contribution is -2.43. The van der Waals surface area contributed by atoms with Gasteiger partial charge in [0, 0.05) is 38.1 Å². The molecule has 0 saturated carbocycles. The molecule has 0 radical (unpaired) electrons. The number of fused-ring (bicyclic) bond motifs is 3. The zero-order chi connectivity index (χ0) is 18.3. The fourth-order valence-corrected chi connectivity index (χ4v) is 3.78. The van der Waals surface area contributed by atoms with Crippen LogP contribution < -0.4 is 5.63 Å². The smallest absolute Gasteiger partial charge is 0.344 e. The maximum absolute atomic E-state index is 12.5. The number of nitrogens with zero attached hydrogens (tertiary/aromatic N) is 2. The molecule has 1 aliphatic rings. The second kappa shape index (κ2) is 6.74. The molecule has 1 aliphatic heterocycles. The van der Waals surface area contributed by atoms with Crippen LogP contribution in [0, 0.1) is 0 Å². The van der Waals surface area contributed by atoms with E-state index in [0.29, 0.717) is 17.5 Å². The molecule has 0 bridgehead atoms. The lowest BCUT2D eigenvalue weighted by molar-refractivity contribution is 0.147. The van der Waals surface area contributed by atoms with Gasteiger partial charge in [-0.25, -0.2) is 4.79 Å². The van der Waals surface area contributed by atoms with Gasteiger partial charge in [0.05, 0.1) is 10.9 Å². The van der Waals surface area contributed by atoms with Crippen LogP contribution in [0.4, 0.5) is 0 Å². The average Bonchev–Trinajstić information content (AvgIpc) is 2.66. The summed E-state index contributed by atoms with van der Waals surface area (Å²) in [6, 6.07) is 9.48. The summed E-state index contributed by atoms with van der Waals surface area (Å²) in [6.07, 6.45) is 0.727. The van der Waals surface area contributed by atoms with Gasteiger partial charge in [0.2, 0.25) is 0 Å². The number of phenols is 1. The van der Waals surface area contributed by atoms with Gasteiger partial charge in [0.15, 0.2) is 0 Å². The van der Waals surface area contributed by atoms with Crippen molar-refractivity contribution in [1.82, 2.24) is 9.80 Å². The van der Waals surface area contributed by atoms with Crippen molar-refractivity contribution in [2.24, 2.45) is 0 Å². The number of piperazine rings is 1. The SMILES string of the molecule is CCc1cc2c(oc(=O)c3ccccc32)c(CN2CCN(C)CC2)c1O. The van der Waals surface area contributed by atoms with Gasteiger partial charge >= 0.3 is 5.63 Å². The number of hydrogen-bond donors (Lipinski definition) is 1. The highest BCUT2D eigenvalue weighted by Crippen LogP contribution is 2.35. The molecule has 5 heteroatoms. The number of benzene rings is 2. The highest BCUT2D eigenvalue weighted by atomic mass is 16.4. The molecule has 26 heavy (non-hydrogen) atoms. The van der Waals surface area contributed by atoms with Gasteiger partial charge in [-0.3, -0.25) is 4.90 Å². The molecule has 0 atom stereocenters. The van der Waals surface area contributed by atoms with Gasteiger partial charge in [-0.1, -0.05) is 25.1 Å². The van der Waals surface area contributed by atoms with Gasteiger partial charge in [-0.2, -0.15) is 0 Å². The standard InChI is InChI=1S/C21H24N2O3/c1-3-14-12-17-15-6-4-5-7-16(15)21(25)26-20(17)18(19(14)24)13-23-10-8-22(2)9-11-23/h4-7,12,24H,3,8-11,13H2,1-2H3. The van der Waals surface area contributed by atoms with Crippen LogP contribution in [-0.2, 0) is 13.0 Å². The monoisotopic (exact) mass is 352 g/mol. The van der Waals surface area contributed by atoms with Gasteiger partial charge in [-0.05, 0) is 36.6 Å². The average molecular weight is 352 g/mol. The quantitative estimate of drug-likeness (QED) is 0.580. The summed E-state index contributed by atoms with van der Waals surface area (Å²) in [7, 11) is 2.12. The molecular formula is C21H24N2O3. The maximum atomic E-state index is 12.5. The van der Waals surface area contributed by atoms with Crippen LogP contribution in [0.1, 0.15) is 18.1 Å². The Hall–Kier alpha value is -2.37. The fraction of sp³-hybridized carbons (Fsp3) is 0.381. The Bertz CT molecular complexity index is 1020. The number of hydrogen-bond acceptors (Lipinski definition) is 5. The molecule has 2 aromatic carbocycles. The molecule has 0 spiro atoms. The molecule has 1 fully saturated rings. The Morgan fingerprint density at radius 2 is 1.77 bits per heavy atom. The molecule has 3 aromatic rings. The predicted molar refractivity (Wildman–Crippen MR) is 104 cm³/mol. The fourth-order valence-electron chi connectivity index (χ4n) is 3.78. The van der Waals surface area contributed by atoms with Gasteiger partial charge in [-0.15, -0.1) is 0 Å². The van der Waals surface area contributed by atoms with E-state index in [1.807, 2.05) is 31.2 Å². The first-order chi connectivity index (χ1) is 12.6. The molecule has 4 rings (SSSR count). The third-order valence-corrected chi connectivity index (χ3v) is 5.42. The summed E-state index contributed by atoms with van der Waals surface area (Å²) in [4.78, 5) is 17.1. The third kappa shape index (κ3) is 2.87. The van der Waals surface area contributed by atoms with Gasteiger partial charge < -0.3 is 14.4 Å². The summed E-state index contributed by atoms with van der Waals surface area (Å²) < 4.78 is 5.70. The molecule has 1 saturated heterocycles. The van der Waals surface area contributed by atoms with E-state index < -0.39 is 0 Å². The predicted octanol–water partition coefficient (Wildman–Crippen LogP) is 2.96. The van der Waals surface area contributed by atoms with Crippen molar-refractivity contribution in [3.8, 4) is 5.75 Å². The van der Waals surface area contributed by atoms with Crippen molar-refractivity contribution in [2.45, 2.75) is 19.9 Å². The van der Waals surface area contributed by atoms with Crippen LogP contribution in [0.2, 0.25) is 0 Å². The van der Waals surface area contributed by atoms with E-state index in [9.17, 15) is 9.90 Å². The molecular weight excluding hydrogens is 328 g/mol. The summed E-state index contributed by atoms with van der Waals surface area (Å²) in [5.74, 6) is 0.261. The Kier molecular flexibility index (Phi) is 4.42. The molecule has 1 aromatic heterocycles. The minimum Gasteiger partial charge on any atom is -0.507 e. The van der Waals surface area contributed by atoms with E-state index in [0.717, 1.165) is 54.5 Å². The lowest BCUT2D eigenvalue weighted by Gasteiger charge is -2.32. The topological polar surface area (TPSA) is 56.9 Å². The summed E-state index contributed by atoms with van der Waals surface area (Å²) in [5.41, 5.74) is 1.78. The van der Waals surface area contributed by atoms with Crippen molar-refractivity contribution in [2.75, 3.05) is 33.2 Å².